The van der Waals surface area contributed by atoms with Crippen LogP contribution in [0.4, 0.5) is 5.69 Å². The average molecular weight is 294 g/mol. The summed E-state index contributed by atoms with van der Waals surface area (Å²) in [5.74, 6) is -0.265. The van der Waals surface area contributed by atoms with Crippen LogP contribution in [-0.2, 0) is 0 Å². The van der Waals surface area contributed by atoms with E-state index in [9.17, 15) is 14.7 Å². The van der Waals surface area contributed by atoms with Gasteiger partial charge < -0.3 is 10.0 Å². The number of rotatable bonds is 2. The van der Waals surface area contributed by atoms with Crippen LogP contribution in [0, 0.1) is 0 Å². The van der Waals surface area contributed by atoms with Crippen molar-refractivity contribution >= 4 is 17.5 Å². The molecule has 5 nitrogen and oxygen atoms in total. The Morgan fingerprint density at radius 1 is 0.909 bits per heavy atom. The highest BCUT2D eigenvalue weighted by Gasteiger charge is 2.47. The Bertz CT molecular complexity index is 787. The summed E-state index contributed by atoms with van der Waals surface area (Å²) in [7, 11) is 0. The Hall–Kier alpha value is -2.66. The first-order valence-electron chi connectivity index (χ1n) is 7.17. The lowest BCUT2D eigenvalue weighted by molar-refractivity contribution is 0.0603. The second-order valence-corrected chi connectivity index (χ2v) is 5.38. The van der Waals surface area contributed by atoms with Gasteiger partial charge >= 0.3 is 0 Å². The summed E-state index contributed by atoms with van der Waals surface area (Å²) in [6.07, 6.45) is -0.474. The van der Waals surface area contributed by atoms with Gasteiger partial charge in [-0.3, -0.25) is 14.5 Å². The van der Waals surface area contributed by atoms with Crippen LogP contribution >= 0.6 is 0 Å². The van der Waals surface area contributed by atoms with Crippen molar-refractivity contribution in [2.75, 3.05) is 18.1 Å². The van der Waals surface area contributed by atoms with Gasteiger partial charge in [0.1, 0.15) is 6.17 Å². The molecule has 0 bridgehead atoms. The Labute approximate surface area is 127 Å². The third kappa shape index (κ3) is 1.57. The molecule has 0 aliphatic carbocycles. The molecule has 0 radical (unpaired) electrons. The lowest BCUT2D eigenvalue weighted by Crippen LogP contribution is -2.49. The van der Waals surface area contributed by atoms with Crippen LogP contribution in [-0.4, -0.2) is 35.0 Å². The van der Waals surface area contributed by atoms with E-state index < -0.39 is 6.17 Å². The summed E-state index contributed by atoms with van der Waals surface area (Å²) < 4.78 is 0. The summed E-state index contributed by atoms with van der Waals surface area (Å²) in [6, 6.07) is 14.4. The number of fused-ring (bicyclic) bond motifs is 5. The van der Waals surface area contributed by atoms with Crippen molar-refractivity contribution in [2.24, 2.45) is 0 Å². The molecule has 0 saturated heterocycles. The topological polar surface area (TPSA) is 60.9 Å². The molecule has 4 rings (SSSR count). The molecule has 0 fully saturated rings. The third-order valence-electron chi connectivity index (χ3n) is 4.22. The van der Waals surface area contributed by atoms with Crippen LogP contribution < -0.4 is 4.90 Å². The number of benzene rings is 2. The van der Waals surface area contributed by atoms with Gasteiger partial charge in [0, 0.05) is 17.7 Å². The Kier molecular flexibility index (Phi) is 2.77. The average Bonchev–Trinajstić information content (AvgIpc) is 2.85. The zero-order valence-electron chi connectivity index (χ0n) is 11.8. The Balaban J connectivity index is 1.97. The van der Waals surface area contributed by atoms with Crippen LogP contribution in [0.5, 0.6) is 0 Å². The van der Waals surface area contributed by atoms with Gasteiger partial charge in [-0.25, -0.2) is 0 Å². The standard InChI is InChI=1S/C17H14N2O3/c20-10-9-18-15-11-5-1-2-6-12(11)17(22)19(15)14-8-4-3-7-13(14)16(18)21/h1-8,15,20H,9-10H2/t15-/m1/s1. The van der Waals surface area contributed by atoms with E-state index >= 15 is 0 Å². The molecular weight excluding hydrogens is 280 g/mol. The second-order valence-electron chi connectivity index (χ2n) is 5.38. The molecule has 1 N–H and O–H groups in total. The number of hydrogen-bond acceptors (Lipinski definition) is 3. The van der Waals surface area contributed by atoms with Gasteiger partial charge in [0.25, 0.3) is 11.8 Å². The molecule has 110 valence electrons. The quantitative estimate of drug-likeness (QED) is 0.918. The van der Waals surface area contributed by atoms with E-state index in [-0.39, 0.29) is 25.0 Å². The van der Waals surface area contributed by atoms with Crippen LogP contribution in [0.2, 0.25) is 0 Å². The molecule has 2 heterocycles. The number of anilines is 1. The number of carbonyl (C=O) groups excluding carboxylic acids is 2. The zero-order valence-corrected chi connectivity index (χ0v) is 11.8. The Morgan fingerprint density at radius 2 is 1.59 bits per heavy atom. The number of carbonyl (C=O) groups is 2. The van der Waals surface area contributed by atoms with Crippen molar-refractivity contribution in [3.05, 3.63) is 65.2 Å². The fourth-order valence-electron chi connectivity index (χ4n) is 3.31. The molecule has 5 heteroatoms. The fourth-order valence-corrected chi connectivity index (χ4v) is 3.31. The van der Waals surface area contributed by atoms with Gasteiger partial charge in [-0.05, 0) is 18.2 Å². The van der Waals surface area contributed by atoms with E-state index in [4.69, 9.17) is 0 Å². The van der Waals surface area contributed by atoms with E-state index in [1.54, 1.807) is 34.1 Å². The highest BCUT2D eigenvalue weighted by Crippen LogP contribution is 2.44. The van der Waals surface area contributed by atoms with Gasteiger partial charge in [-0.2, -0.15) is 0 Å². The van der Waals surface area contributed by atoms with Crippen molar-refractivity contribution in [1.29, 1.82) is 0 Å². The van der Waals surface area contributed by atoms with Gasteiger partial charge in [0.15, 0.2) is 0 Å². The third-order valence-corrected chi connectivity index (χ3v) is 4.22. The van der Waals surface area contributed by atoms with Gasteiger partial charge in [-0.1, -0.05) is 30.3 Å². The number of para-hydroxylation sites is 1. The zero-order chi connectivity index (χ0) is 15.3. The minimum Gasteiger partial charge on any atom is -0.395 e. The number of β-amino-alcohol motifs (C(OH)–C–C–N with tert-alkyl or cyclic N) is 1. The normalized spacial score (nSPS) is 19.0. The SMILES string of the molecule is O=C1c2ccccc2N2C(=O)c3ccccc3[C@@H]2N1CCO. The number of aliphatic hydroxyl groups is 1. The molecule has 0 saturated carbocycles. The van der Waals surface area contributed by atoms with E-state index in [0.717, 1.165) is 5.56 Å². The van der Waals surface area contributed by atoms with E-state index in [2.05, 4.69) is 0 Å². The largest absolute Gasteiger partial charge is 0.395 e. The number of hydrogen-bond donors (Lipinski definition) is 1. The van der Waals surface area contributed by atoms with Crippen LogP contribution in [0.1, 0.15) is 32.4 Å². The van der Waals surface area contributed by atoms with E-state index in [1.165, 1.54) is 0 Å². The van der Waals surface area contributed by atoms with Crippen LogP contribution in [0.3, 0.4) is 0 Å². The van der Waals surface area contributed by atoms with Crippen molar-refractivity contribution in [3.63, 3.8) is 0 Å². The molecule has 22 heavy (non-hydrogen) atoms. The van der Waals surface area contributed by atoms with Gasteiger partial charge in [-0.15, -0.1) is 0 Å². The summed E-state index contributed by atoms with van der Waals surface area (Å²) in [4.78, 5) is 28.7. The highest BCUT2D eigenvalue weighted by molar-refractivity contribution is 6.16. The number of aliphatic hydroxyl groups excluding tert-OH is 1. The maximum Gasteiger partial charge on any atom is 0.260 e. The van der Waals surface area contributed by atoms with Crippen molar-refractivity contribution in [2.45, 2.75) is 6.17 Å². The maximum absolute atomic E-state index is 12.8. The minimum absolute atomic E-state index is 0.108. The van der Waals surface area contributed by atoms with E-state index in [0.29, 0.717) is 16.8 Å². The first-order chi connectivity index (χ1) is 10.7. The molecular formula is C17H14N2O3. The summed E-state index contributed by atoms with van der Waals surface area (Å²) in [5, 5.41) is 9.32. The minimum atomic E-state index is -0.474. The lowest BCUT2D eigenvalue weighted by atomic mass is 10.0. The fraction of sp³-hybridized carbons (Fsp3) is 0.176. The first-order valence-corrected chi connectivity index (χ1v) is 7.17. The number of nitrogens with zero attached hydrogens (tertiary/aromatic N) is 2. The lowest BCUT2D eigenvalue weighted by Gasteiger charge is -2.40. The van der Waals surface area contributed by atoms with Crippen molar-refractivity contribution in [3.8, 4) is 0 Å². The summed E-state index contributed by atoms with van der Waals surface area (Å²) >= 11 is 0. The number of amides is 2. The predicted octanol–water partition coefficient (Wildman–Crippen LogP) is 1.79. The molecule has 0 spiro atoms. The van der Waals surface area contributed by atoms with Crippen molar-refractivity contribution in [1.82, 2.24) is 4.90 Å². The predicted molar refractivity (Wildman–Crippen MR) is 80.6 cm³/mol. The molecule has 0 aromatic heterocycles. The second kappa shape index (κ2) is 4.68. The van der Waals surface area contributed by atoms with Crippen LogP contribution in [0.15, 0.2) is 48.5 Å². The van der Waals surface area contributed by atoms with Gasteiger partial charge in [0.2, 0.25) is 0 Å². The monoisotopic (exact) mass is 294 g/mol. The Morgan fingerprint density at radius 3 is 2.36 bits per heavy atom. The smallest absolute Gasteiger partial charge is 0.260 e. The maximum atomic E-state index is 12.8. The summed E-state index contributed by atoms with van der Waals surface area (Å²) in [5.41, 5.74) is 2.55. The van der Waals surface area contributed by atoms with Crippen LogP contribution in [0.25, 0.3) is 0 Å². The van der Waals surface area contributed by atoms with Gasteiger partial charge in [0.05, 0.1) is 17.9 Å². The van der Waals surface area contributed by atoms with E-state index in [1.807, 2.05) is 24.3 Å². The molecule has 2 aromatic rings. The molecule has 0 unspecified atom stereocenters. The molecule has 2 aromatic carbocycles. The molecule has 2 aliphatic rings. The van der Waals surface area contributed by atoms with Crippen molar-refractivity contribution < 1.29 is 14.7 Å². The summed E-state index contributed by atoms with van der Waals surface area (Å²) in [6.45, 7) is 0.0462. The molecule has 1 atom stereocenters. The molecule has 2 amide bonds. The molecule has 2 aliphatic heterocycles. The highest BCUT2D eigenvalue weighted by atomic mass is 16.3. The first kappa shape index (κ1) is 13.0.